The van der Waals surface area contributed by atoms with Crippen molar-refractivity contribution in [3.63, 3.8) is 0 Å². The van der Waals surface area contributed by atoms with Crippen LogP contribution in [0.3, 0.4) is 0 Å². The molecule has 66 valence electrons. The summed E-state index contributed by atoms with van der Waals surface area (Å²) in [5.74, 6) is 0. The van der Waals surface area contributed by atoms with E-state index >= 15 is 0 Å². The first-order valence-electron chi connectivity index (χ1n) is 2.76. The Kier molecular flexibility index (Phi) is 2.86. The van der Waals surface area contributed by atoms with Gasteiger partial charge in [0, 0.05) is 12.6 Å². The Bertz CT molecular complexity index is 152. The second-order valence-corrected chi connectivity index (χ2v) is 2.27. The van der Waals surface area contributed by atoms with Crippen LogP contribution < -0.4 is 0 Å². The molecule has 0 heterocycles. The third-order valence-corrected chi connectivity index (χ3v) is 1.18. The highest BCUT2D eigenvalue weighted by atomic mass is 19.4. The molecular formula is C5H8F3NO2. The van der Waals surface area contributed by atoms with Gasteiger partial charge in [0.15, 0.2) is 5.60 Å². The van der Waals surface area contributed by atoms with Crippen LogP contribution in [0.25, 0.3) is 0 Å². The van der Waals surface area contributed by atoms with Gasteiger partial charge in [0.1, 0.15) is 0 Å². The molecule has 0 aromatic carbocycles. The Labute approximate surface area is 61.1 Å². The summed E-state index contributed by atoms with van der Waals surface area (Å²) >= 11 is 0. The number of alkyl halides is 3. The lowest BCUT2D eigenvalue weighted by Gasteiger charge is -2.23. The predicted octanol–water partition coefficient (Wildman–Crippen LogP) is 1.15. The van der Waals surface area contributed by atoms with Crippen LogP contribution in [-0.4, -0.2) is 28.3 Å². The number of hydrogen-bond donors (Lipinski definition) is 2. The molecule has 0 aromatic heterocycles. The van der Waals surface area contributed by atoms with Crippen molar-refractivity contribution in [3.05, 3.63) is 0 Å². The molecule has 1 atom stereocenters. The lowest BCUT2D eigenvalue weighted by molar-refractivity contribution is -0.249. The van der Waals surface area contributed by atoms with E-state index in [0.29, 0.717) is 13.1 Å². The summed E-state index contributed by atoms with van der Waals surface area (Å²) < 4.78 is 35.3. The van der Waals surface area contributed by atoms with Gasteiger partial charge in [-0.05, 0) is 6.92 Å². The molecule has 0 saturated heterocycles. The van der Waals surface area contributed by atoms with Crippen molar-refractivity contribution in [2.75, 3.05) is 0 Å². The molecule has 0 aliphatic carbocycles. The first-order valence-corrected chi connectivity index (χ1v) is 2.76. The number of hydrogen-bond acceptors (Lipinski definition) is 3. The van der Waals surface area contributed by atoms with Crippen molar-refractivity contribution in [2.24, 2.45) is 5.16 Å². The zero-order chi connectivity index (χ0) is 9.12. The van der Waals surface area contributed by atoms with Gasteiger partial charge in [0.05, 0.1) is 0 Å². The molecule has 2 N–H and O–H groups in total. The van der Waals surface area contributed by atoms with Crippen molar-refractivity contribution >= 4 is 6.21 Å². The van der Waals surface area contributed by atoms with E-state index in [9.17, 15) is 13.2 Å². The highest BCUT2D eigenvalue weighted by Crippen LogP contribution is 2.31. The Balaban J connectivity index is 4.22. The quantitative estimate of drug-likeness (QED) is 0.372. The van der Waals surface area contributed by atoms with E-state index in [2.05, 4.69) is 5.16 Å². The standard InChI is InChI=1S/C5H8F3NO2/c1-4(10,2-3-9-11)5(6,7)8/h3,10-11H,2H2,1H3/b9-3+. The van der Waals surface area contributed by atoms with Crippen molar-refractivity contribution < 1.29 is 23.5 Å². The SMILES string of the molecule is CC(O)(C/C=N/O)C(F)(F)F. The number of nitrogens with zero attached hydrogens (tertiary/aromatic N) is 1. The molecule has 0 bridgehead atoms. The molecule has 11 heavy (non-hydrogen) atoms. The molecule has 3 nitrogen and oxygen atoms in total. The second kappa shape index (κ2) is 3.08. The van der Waals surface area contributed by atoms with Gasteiger partial charge in [0.25, 0.3) is 0 Å². The maximum atomic E-state index is 11.8. The molecule has 1 unspecified atom stereocenters. The van der Waals surface area contributed by atoms with Crippen LogP contribution in [-0.2, 0) is 0 Å². The minimum absolute atomic E-state index is 0.591. The third kappa shape index (κ3) is 2.75. The molecule has 0 amide bonds. The van der Waals surface area contributed by atoms with Crippen molar-refractivity contribution in [1.82, 2.24) is 0 Å². The van der Waals surface area contributed by atoms with Gasteiger partial charge in [-0.15, -0.1) is 5.16 Å². The van der Waals surface area contributed by atoms with Crippen molar-refractivity contribution in [3.8, 4) is 0 Å². The fraction of sp³-hybridized carbons (Fsp3) is 0.800. The van der Waals surface area contributed by atoms with Gasteiger partial charge in [-0.1, -0.05) is 0 Å². The lowest BCUT2D eigenvalue weighted by Crippen LogP contribution is -2.42. The topological polar surface area (TPSA) is 52.8 Å². The molecule has 6 heteroatoms. The monoisotopic (exact) mass is 171 g/mol. The summed E-state index contributed by atoms with van der Waals surface area (Å²) in [5, 5.41) is 18.8. The van der Waals surface area contributed by atoms with Crippen LogP contribution in [0.4, 0.5) is 13.2 Å². The van der Waals surface area contributed by atoms with E-state index in [1.165, 1.54) is 0 Å². The minimum Gasteiger partial charge on any atom is -0.411 e. The predicted molar refractivity (Wildman–Crippen MR) is 31.6 cm³/mol. The number of rotatable bonds is 2. The van der Waals surface area contributed by atoms with Gasteiger partial charge < -0.3 is 10.3 Å². The van der Waals surface area contributed by atoms with Crippen LogP contribution in [0.5, 0.6) is 0 Å². The largest absolute Gasteiger partial charge is 0.417 e. The Morgan fingerprint density at radius 1 is 1.45 bits per heavy atom. The zero-order valence-corrected chi connectivity index (χ0v) is 5.76. The normalized spacial score (nSPS) is 18.6. The highest BCUT2D eigenvalue weighted by Gasteiger charge is 2.49. The molecule has 0 rings (SSSR count). The van der Waals surface area contributed by atoms with Gasteiger partial charge >= 0.3 is 6.18 Å². The van der Waals surface area contributed by atoms with Gasteiger partial charge in [-0.2, -0.15) is 13.2 Å². The lowest BCUT2D eigenvalue weighted by atomic mass is 10.0. The van der Waals surface area contributed by atoms with E-state index in [1.54, 1.807) is 0 Å². The van der Waals surface area contributed by atoms with E-state index in [0.717, 1.165) is 0 Å². The van der Waals surface area contributed by atoms with Crippen LogP contribution in [0.2, 0.25) is 0 Å². The van der Waals surface area contributed by atoms with Gasteiger partial charge in [0.2, 0.25) is 0 Å². The molecule has 0 radical (unpaired) electrons. The van der Waals surface area contributed by atoms with E-state index in [4.69, 9.17) is 10.3 Å². The summed E-state index contributed by atoms with van der Waals surface area (Å²) in [6.07, 6.45) is -4.87. The Morgan fingerprint density at radius 3 is 2.18 bits per heavy atom. The second-order valence-electron chi connectivity index (χ2n) is 2.27. The molecule has 0 saturated carbocycles. The van der Waals surface area contributed by atoms with Crippen molar-refractivity contribution in [2.45, 2.75) is 25.1 Å². The molecule has 0 fully saturated rings. The van der Waals surface area contributed by atoms with Gasteiger partial charge in [-0.3, -0.25) is 0 Å². The Morgan fingerprint density at radius 2 is 1.91 bits per heavy atom. The number of oxime groups is 1. The zero-order valence-electron chi connectivity index (χ0n) is 5.76. The summed E-state index contributed by atoms with van der Waals surface area (Å²) in [5.41, 5.74) is -2.82. The van der Waals surface area contributed by atoms with E-state index < -0.39 is 18.2 Å². The molecule has 0 aliphatic rings. The number of aliphatic hydroxyl groups is 1. The van der Waals surface area contributed by atoms with Gasteiger partial charge in [-0.25, -0.2) is 0 Å². The molecule has 0 aromatic rings. The van der Waals surface area contributed by atoms with Crippen LogP contribution >= 0.6 is 0 Å². The minimum atomic E-state index is -4.70. The summed E-state index contributed by atoms with van der Waals surface area (Å²) in [6, 6.07) is 0. The van der Waals surface area contributed by atoms with Crippen molar-refractivity contribution in [1.29, 1.82) is 0 Å². The summed E-state index contributed by atoms with van der Waals surface area (Å²) in [6.45, 7) is 0.606. The molecule has 0 spiro atoms. The van der Waals surface area contributed by atoms with Crippen LogP contribution in [0.15, 0.2) is 5.16 Å². The maximum absolute atomic E-state index is 11.8. The maximum Gasteiger partial charge on any atom is 0.417 e. The number of halogens is 3. The third-order valence-electron chi connectivity index (χ3n) is 1.18. The summed E-state index contributed by atoms with van der Waals surface area (Å²) in [7, 11) is 0. The molecule has 0 aliphatic heterocycles. The average molecular weight is 171 g/mol. The average Bonchev–Trinajstić information content (AvgIpc) is 1.81. The van der Waals surface area contributed by atoms with Crippen LogP contribution in [0.1, 0.15) is 13.3 Å². The van der Waals surface area contributed by atoms with E-state index in [-0.39, 0.29) is 0 Å². The Hall–Kier alpha value is -0.780. The fourth-order valence-electron chi connectivity index (χ4n) is 0.334. The summed E-state index contributed by atoms with van der Waals surface area (Å²) in [4.78, 5) is 0. The fourth-order valence-corrected chi connectivity index (χ4v) is 0.334. The first kappa shape index (κ1) is 10.2. The van der Waals surface area contributed by atoms with E-state index in [1.807, 2.05) is 0 Å². The highest BCUT2D eigenvalue weighted by molar-refractivity contribution is 5.57. The van der Waals surface area contributed by atoms with Crippen LogP contribution in [0, 0.1) is 0 Å². The first-order chi connectivity index (χ1) is 4.81. The molecular weight excluding hydrogens is 163 g/mol. The smallest absolute Gasteiger partial charge is 0.411 e.